The highest BCUT2D eigenvalue weighted by molar-refractivity contribution is 7.92. The minimum Gasteiger partial charge on any atom is -0.492 e. The number of ether oxygens (including phenoxy) is 1. The summed E-state index contributed by atoms with van der Waals surface area (Å²) >= 11 is 0. The number of nitrogens with zero attached hydrogens (tertiary/aromatic N) is 2. The van der Waals surface area contributed by atoms with Crippen molar-refractivity contribution in [3.63, 3.8) is 0 Å². The summed E-state index contributed by atoms with van der Waals surface area (Å²) in [5, 5.41) is 3.19. The van der Waals surface area contributed by atoms with Gasteiger partial charge in [0.25, 0.3) is 10.0 Å². The SMILES string of the molecule is CCOc1ccccc1N(CC(=O)N(CCc1ccccc1)C(CC)C(=O)NC1CCCCC1)S(=O)(=O)c1ccc(C)cc1. The number of nitrogens with one attached hydrogen (secondary N) is 1. The van der Waals surface area contributed by atoms with Crippen molar-refractivity contribution in [2.45, 2.75) is 82.7 Å². The van der Waals surface area contributed by atoms with Crippen molar-refractivity contribution in [2.24, 2.45) is 0 Å². The first-order chi connectivity index (χ1) is 21.2. The van der Waals surface area contributed by atoms with E-state index >= 15 is 0 Å². The second-order valence-corrected chi connectivity index (χ2v) is 13.2. The van der Waals surface area contributed by atoms with Crippen molar-refractivity contribution in [1.82, 2.24) is 10.2 Å². The molecule has 3 aromatic rings. The third-order valence-corrected chi connectivity index (χ3v) is 9.92. The summed E-state index contributed by atoms with van der Waals surface area (Å²) in [6.45, 7) is 5.71. The molecule has 0 aromatic heterocycles. The summed E-state index contributed by atoms with van der Waals surface area (Å²) in [5.41, 5.74) is 2.22. The Morgan fingerprint density at radius 3 is 2.23 bits per heavy atom. The van der Waals surface area contributed by atoms with E-state index in [1.54, 1.807) is 53.4 Å². The summed E-state index contributed by atoms with van der Waals surface area (Å²) in [6.07, 6.45) is 6.10. The van der Waals surface area contributed by atoms with Crippen LogP contribution >= 0.6 is 0 Å². The fraction of sp³-hybridized carbons (Fsp3) is 0.429. The van der Waals surface area contributed by atoms with Gasteiger partial charge < -0.3 is 15.0 Å². The standard InChI is InChI=1S/C35H45N3O5S/c1-4-31(35(40)36-29-16-10-7-11-17-29)37(25-24-28-14-8-6-9-15-28)34(39)26-38(32-18-12-13-19-33(32)43-5-2)44(41,42)30-22-20-27(3)21-23-30/h6,8-9,12-15,18-23,29,31H,4-5,7,10-11,16-17,24-26H2,1-3H3,(H,36,40). The molecule has 1 saturated carbocycles. The number of anilines is 1. The molecule has 3 aromatic carbocycles. The molecule has 1 aliphatic carbocycles. The van der Waals surface area contributed by atoms with Crippen LogP contribution in [-0.4, -0.2) is 56.9 Å². The lowest BCUT2D eigenvalue weighted by Crippen LogP contribution is -2.54. The Bertz CT molecular complexity index is 1470. The predicted molar refractivity (Wildman–Crippen MR) is 174 cm³/mol. The van der Waals surface area contributed by atoms with E-state index in [-0.39, 0.29) is 29.1 Å². The number of para-hydroxylation sites is 2. The van der Waals surface area contributed by atoms with Crippen molar-refractivity contribution in [1.29, 1.82) is 0 Å². The highest BCUT2D eigenvalue weighted by atomic mass is 32.2. The Balaban J connectivity index is 1.70. The quantitative estimate of drug-likeness (QED) is 0.243. The molecule has 0 spiro atoms. The maximum Gasteiger partial charge on any atom is 0.264 e. The molecule has 1 N–H and O–H groups in total. The summed E-state index contributed by atoms with van der Waals surface area (Å²) < 4.78 is 35.3. The fourth-order valence-electron chi connectivity index (χ4n) is 5.73. The van der Waals surface area contributed by atoms with Gasteiger partial charge in [-0.05, 0) is 69.4 Å². The maximum atomic E-state index is 14.3. The lowest BCUT2D eigenvalue weighted by atomic mass is 9.95. The van der Waals surface area contributed by atoms with Gasteiger partial charge in [0.15, 0.2) is 0 Å². The van der Waals surface area contributed by atoms with E-state index in [0.717, 1.165) is 41.1 Å². The molecule has 0 saturated heterocycles. The number of hydrogen-bond acceptors (Lipinski definition) is 5. The second-order valence-electron chi connectivity index (χ2n) is 11.3. The van der Waals surface area contributed by atoms with Gasteiger partial charge in [-0.15, -0.1) is 0 Å². The van der Waals surface area contributed by atoms with Crippen LogP contribution in [0.25, 0.3) is 0 Å². The van der Waals surface area contributed by atoms with Gasteiger partial charge in [-0.2, -0.15) is 0 Å². The topological polar surface area (TPSA) is 96.0 Å². The van der Waals surface area contributed by atoms with E-state index in [1.807, 2.05) is 51.1 Å². The van der Waals surface area contributed by atoms with Crippen molar-refractivity contribution in [2.75, 3.05) is 24.0 Å². The lowest BCUT2D eigenvalue weighted by molar-refractivity contribution is -0.140. The van der Waals surface area contributed by atoms with Gasteiger partial charge in [0.05, 0.1) is 17.2 Å². The fourth-order valence-corrected chi connectivity index (χ4v) is 7.16. The van der Waals surface area contributed by atoms with Gasteiger partial charge in [0.2, 0.25) is 11.8 Å². The lowest BCUT2D eigenvalue weighted by Gasteiger charge is -2.34. The molecule has 1 atom stereocenters. The molecule has 1 fully saturated rings. The van der Waals surface area contributed by atoms with Gasteiger partial charge in [-0.25, -0.2) is 8.42 Å². The molecule has 0 radical (unpaired) electrons. The van der Waals surface area contributed by atoms with Crippen LogP contribution in [0.15, 0.2) is 83.8 Å². The van der Waals surface area contributed by atoms with E-state index in [2.05, 4.69) is 5.32 Å². The number of carbonyl (C=O) groups excluding carboxylic acids is 2. The van der Waals surface area contributed by atoms with Gasteiger partial charge >= 0.3 is 0 Å². The third-order valence-electron chi connectivity index (χ3n) is 8.14. The number of aryl methyl sites for hydroxylation is 1. The third kappa shape index (κ3) is 8.40. The summed E-state index contributed by atoms with van der Waals surface area (Å²) in [4.78, 5) is 29.7. The number of benzene rings is 3. The normalized spacial score (nSPS) is 14.4. The average molecular weight is 620 g/mol. The number of sulfonamides is 1. The van der Waals surface area contributed by atoms with Crippen LogP contribution in [0.2, 0.25) is 0 Å². The van der Waals surface area contributed by atoms with E-state index in [9.17, 15) is 18.0 Å². The molecule has 1 unspecified atom stereocenters. The largest absolute Gasteiger partial charge is 0.492 e. The zero-order valence-corrected chi connectivity index (χ0v) is 26.9. The molecule has 9 heteroatoms. The molecule has 0 aliphatic heterocycles. The van der Waals surface area contributed by atoms with Crippen LogP contribution in [0.4, 0.5) is 5.69 Å². The molecule has 236 valence electrons. The number of hydrogen-bond donors (Lipinski definition) is 1. The Labute approximate surface area is 262 Å². The Morgan fingerprint density at radius 2 is 1.57 bits per heavy atom. The number of carbonyl (C=O) groups is 2. The maximum absolute atomic E-state index is 14.3. The van der Waals surface area contributed by atoms with Gasteiger partial charge in [0, 0.05) is 12.6 Å². The highest BCUT2D eigenvalue weighted by Crippen LogP contribution is 2.33. The monoisotopic (exact) mass is 619 g/mol. The first-order valence-corrected chi connectivity index (χ1v) is 17.1. The van der Waals surface area contributed by atoms with Crippen LogP contribution in [0.1, 0.15) is 63.5 Å². The molecular formula is C35H45N3O5S. The number of rotatable bonds is 14. The van der Waals surface area contributed by atoms with E-state index in [1.165, 1.54) is 6.42 Å². The molecule has 0 bridgehead atoms. The predicted octanol–water partition coefficient (Wildman–Crippen LogP) is 5.89. The van der Waals surface area contributed by atoms with Crippen molar-refractivity contribution in [3.05, 3.63) is 90.0 Å². The zero-order valence-electron chi connectivity index (χ0n) is 26.1. The smallest absolute Gasteiger partial charge is 0.264 e. The average Bonchev–Trinajstić information content (AvgIpc) is 3.03. The first kappa shape index (κ1) is 33.1. The van der Waals surface area contributed by atoms with Crippen molar-refractivity contribution in [3.8, 4) is 5.75 Å². The molecule has 4 rings (SSSR count). The van der Waals surface area contributed by atoms with E-state index < -0.39 is 28.5 Å². The van der Waals surface area contributed by atoms with Crippen LogP contribution < -0.4 is 14.4 Å². The van der Waals surface area contributed by atoms with E-state index in [0.29, 0.717) is 25.2 Å². The Morgan fingerprint density at radius 1 is 0.909 bits per heavy atom. The van der Waals surface area contributed by atoms with Crippen molar-refractivity contribution < 1.29 is 22.7 Å². The first-order valence-electron chi connectivity index (χ1n) is 15.7. The Hall–Kier alpha value is -3.85. The molecule has 8 nitrogen and oxygen atoms in total. The molecule has 44 heavy (non-hydrogen) atoms. The molecule has 0 heterocycles. The highest BCUT2D eigenvalue weighted by Gasteiger charge is 2.35. The van der Waals surface area contributed by atoms with Crippen LogP contribution in [-0.2, 0) is 26.0 Å². The van der Waals surface area contributed by atoms with Crippen LogP contribution in [0.5, 0.6) is 5.75 Å². The molecular weight excluding hydrogens is 574 g/mol. The molecule has 2 amide bonds. The van der Waals surface area contributed by atoms with Gasteiger partial charge in [0.1, 0.15) is 18.3 Å². The molecule has 1 aliphatic rings. The minimum atomic E-state index is -4.18. The summed E-state index contributed by atoms with van der Waals surface area (Å²) in [7, 11) is -4.18. The number of amides is 2. The van der Waals surface area contributed by atoms with E-state index in [4.69, 9.17) is 4.74 Å². The van der Waals surface area contributed by atoms with Crippen LogP contribution in [0, 0.1) is 6.92 Å². The van der Waals surface area contributed by atoms with Gasteiger partial charge in [-0.3, -0.25) is 13.9 Å². The second kappa shape index (κ2) is 15.7. The Kier molecular flexibility index (Phi) is 11.8. The summed E-state index contributed by atoms with van der Waals surface area (Å²) in [5.74, 6) is -0.284. The minimum absolute atomic E-state index is 0.0696. The van der Waals surface area contributed by atoms with Crippen molar-refractivity contribution >= 4 is 27.5 Å². The van der Waals surface area contributed by atoms with Gasteiger partial charge in [-0.1, -0.05) is 86.3 Å². The zero-order chi connectivity index (χ0) is 31.5. The van der Waals surface area contributed by atoms with Crippen LogP contribution in [0.3, 0.4) is 0 Å². The summed E-state index contributed by atoms with van der Waals surface area (Å²) in [6, 6.07) is 22.5.